The molecule has 33 heavy (non-hydrogen) atoms. The third kappa shape index (κ3) is 6.40. The quantitative estimate of drug-likeness (QED) is 0.374. The fourth-order valence-corrected chi connectivity index (χ4v) is 4.45. The molecule has 0 radical (unpaired) electrons. The number of hydrogen-bond acceptors (Lipinski definition) is 7. The normalized spacial score (nSPS) is 39.1. The summed E-state index contributed by atoms with van der Waals surface area (Å²) < 4.78 is 11.7. The molecule has 2 aliphatic rings. The molecule has 2 heterocycles. The summed E-state index contributed by atoms with van der Waals surface area (Å²) in [5.74, 6) is -2.97. The summed E-state index contributed by atoms with van der Waals surface area (Å²) in [5, 5.41) is 21.6. The van der Waals surface area contributed by atoms with E-state index in [0.717, 1.165) is 5.57 Å². The fraction of sp³-hybridized carbons (Fsp3) is 0.731. The van der Waals surface area contributed by atoms with E-state index in [0.29, 0.717) is 19.3 Å². The Morgan fingerprint density at radius 3 is 2.45 bits per heavy atom. The molecule has 186 valence electrons. The Bertz CT molecular complexity index is 811. The van der Waals surface area contributed by atoms with E-state index in [-0.39, 0.29) is 18.3 Å². The molecule has 0 aromatic heterocycles. The number of carbonyl (C=O) groups excluding carboxylic acids is 3. The smallest absolute Gasteiger partial charge is 0.331 e. The highest BCUT2D eigenvalue weighted by molar-refractivity contribution is 5.92. The van der Waals surface area contributed by atoms with Gasteiger partial charge in [0.1, 0.15) is 12.2 Å². The third-order valence-electron chi connectivity index (χ3n) is 7.14. The minimum atomic E-state index is -1.52. The largest absolute Gasteiger partial charge is 0.451 e. The van der Waals surface area contributed by atoms with Gasteiger partial charge in [-0.2, -0.15) is 0 Å². The second-order valence-corrected chi connectivity index (χ2v) is 10.6. The van der Waals surface area contributed by atoms with Gasteiger partial charge >= 0.3 is 5.97 Å². The highest BCUT2D eigenvalue weighted by Gasteiger charge is 2.51. The van der Waals surface area contributed by atoms with Gasteiger partial charge in [-0.3, -0.25) is 9.59 Å². The average molecular weight is 465 g/mol. The molecule has 2 aliphatic heterocycles. The number of Topliss-reactive ketones (excluding diaryl/α,β-unsaturated/α-hetero) is 2. The summed E-state index contributed by atoms with van der Waals surface area (Å²) >= 11 is 0. The maximum atomic E-state index is 13.4. The van der Waals surface area contributed by atoms with E-state index in [1.165, 1.54) is 6.08 Å². The molecule has 2 rings (SSSR count). The van der Waals surface area contributed by atoms with E-state index in [4.69, 9.17) is 9.47 Å². The van der Waals surface area contributed by atoms with Crippen LogP contribution in [0.4, 0.5) is 0 Å². The zero-order chi connectivity index (χ0) is 25.1. The van der Waals surface area contributed by atoms with Crippen LogP contribution in [0.5, 0.6) is 0 Å². The molecule has 0 aromatic rings. The molecule has 0 aliphatic carbocycles. The molecule has 0 spiro atoms. The van der Waals surface area contributed by atoms with Gasteiger partial charge < -0.3 is 19.7 Å². The van der Waals surface area contributed by atoms with E-state index >= 15 is 0 Å². The SMILES string of the molecule is CC/C(C)=C/C(=O)O[C@H]1C(=O)[C@@H](O)[C@@]2(C)CC[C@H](O2)C(C)(C)/C=C\[C@H](C)C(=O)C(O)C[C@H]1C. The highest BCUT2D eigenvalue weighted by atomic mass is 16.6. The van der Waals surface area contributed by atoms with Crippen molar-refractivity contribution in [2.75, 3.05) is 0 Å². The number of aliphatic hydroxyl groups is 2. The average Bonchev–Trinajstić information content (AvgIpc) is 3.17. The van der Waals surface area contributed by atoms with Crippen LogP contribution in [0.15, 0.2) is 23.8 Å². The Morgan fingerprint density at radius 2 is 1.85 bits per heavy atom. The molecule has 0 aromatic carbocycles. The summed E-state index contributed by atoms with van der Waals surface area (Å²) in [6.45, 7) is 12.7. The van der Waals surface area contributed by atoms with Crippen LogP contribution < -0.4 is 0 Å². The molecule has 7 heteroatoms. The van der Waals surface area contributed by atoms with Crippen molar-refractivity contribution in [3.63, 3.8) is 0 Å². The summed E-state index contributed by atoms with van der Waals surface area (Å²) in [4.78, 5) is 38.6. The molecule has 1 saturated heterocycles. The number of ketones is 2. The molecule has 0 saturated carbocycles. The highest BCUT2D eigenvalue weighted by Crippen LogP contribution is 2.42. The van der Waals surface area contributed by atoms with Crippen LogP contribution in [0.25, 0.3) is 0 Å². The molecule has 1 fully saturated rings. The number of allylic oxidation sites excluding steroid dienone is 2. The van der Waals surface area contributed by atoms with Crippen molar-refractivity contribution in [1.82, 2.24) is 0 Å². The Hall–Kier alpha value is -1.83. The standard InChI is InChI=1S/C26H40O7/c1-8-15(2)13-20(28)32-23-17(4)14-18(27)21(29)16(3)9-11-25(5,6)19-10-12-26(7,33-19)24(31)22(23)30/h9,11,13,16-19,23-24,27,31H,8,10,12,14H2,1-7H3/b11-9-,15-13+/t16-,17+,18?,19-,23+,24+,26+/m0/s1. The molecule has 2 N–H and O–H groups in total. The van der Waals surface area contributed by atoms with Gasteiger partial charge in [0.2, 0.25) is 5.78 Å². The van der Waals surface area contributed by atoms with E-state index < -0.39 is 52.9 Å². The van der Waals surface area contributed by atoms with Crippen molar-refractivity contribution in [2.24, 2.45) is 17.3 Å². The van der Waals surface area contributed by atoms with E-state index in [2.05, 4.69) is 0 Å². The van der Waals surface area contributed by atoms with E-state index in [9.17, 15) is 24.6 Å². The molecule has 0 amide bonds. The first-order valence-electron chi connectivity index (χ1n) is 11.9. The minimum absolute atomic E-state index is 0.0759. The van der Waals surface area contributed by atoms with Crippen LogP contribution in [0, 0.1) is 17.3 Å². The lowest BCUT2D eigenvalue weighted by molar-refractivity contribution is -0.172. The first-order valence-corrected chi connectivity index (χ1v) is 11.9. The van der Waals surface area contributed by atoms with Crippen molar-refractivity contribution >= 4 is 17.5 Å². The van der Waals surface area contributed by atoms with Crippen molar-refractivity contribution in [2.45, 2.75) is 104 Å². The lowest BCUT2D eigenvalue weighted by Crippen LogP contribution is -2.52. The minimum Gasteiger partial charge on any atom is -0.451 e. The molecule has 1 unspecified atom stereocenters. The molecular formula is C26H40O7. The Kier molecular flexibility index (Phi) is 8.82. The Morgan fingerprint density at radius 1 is 1.21 bits per heavy atom. The number of fused-ring (bicyclic) bond motifs is 2. The Balaban J connectivity index is 2.46. The second-order valence-electron chi connectivity index (χ2n) is 10.6. The van der Waals surface area contributed by atoms with Crippen molar-refractivity contribution in [3.05, 3.63) is 23.8 Å². The Labute approximate surface area is 197 Å². The van der Waals surface area contributed by atoms with Gasteiger partial charge in [0.25, 0.3) is 0 Å². The maximum Gasteiger partial charge on any atom is 0.331 e. The maximum absolute atomic E-state index is 13.4. The van der Waals surface area contributed by atoms with Crippen molar-refractivity contribution in [3.8, 4) is 0 Å². The van der Waals surface area contributed by atoms with Gasteiger partial charge in [0, 0.05) is 23.3 Å². The molecule has 7 atom stereocenters. The lowest BCUT2D eigenvalue weighted by atomic mass is 9.83. The zero-order valence-electron chi connectivity index (χ0n) is 21.0. The number of aliphatic hydroxyl groups excluding tert-OH is 2. The molecular weight excluding hydrogens is 424 g/mol. The number of rotatable bonds is 3. The van der Waals surface area contributed by atoms with Gasteiger partial charge in [-0.1, -0.05) is 52.3 Å². The summed E-state index contributed by atoms with van der Waals surface area (Å²) in [6.07, 6.45) is 2.22. The second kappa shape index (κ2) is 10.6. The summed E-state index contributed by atoms with van der Waals surface area (Å²) in [6, 6.07) is 0. The van der Waals surface area contributed by atoms with Crippen LogP contribution in [0.1, 0.15) is 74.1 Å². The molecule has 7 nitrogen and oxygen atoms in total. The third-order valence-corrected chi connectivity index (χ3v) is 7.14. The van der Waals surface area contributed by atoms with E-state index in [1.54, 1.807) is 33.8 Å². The molecule has 2 bridgehead atoms. The van der Waals surface area contributed by atoms with Gasteiger partial charge in [0.15, 0.2) is 11.9 Å². The number of hydrogen-bond donors (Lipinski definition) is 2. The van der Waals surface area contributed by atoms with Crippen LogP contribution in [-0.4, -0.2) is 57.8 Å². The van der Waals surface area contributed by atoms with Crippen LogP contribution in [0.2, 0.25) is 0 Å². The zero-order valence-corrected chi connectivity index (χ0v) is 21.0. The predicted octanol–water partition coefficient (Wildman–Crippen LogP) is 3.31. The number of esters is 1. The van der Waals surface area contributed by atoms with Crippen LogP contribution in [-0.2, 0) is 23.9 Å². The fourth-order valence-electron chi connectivity index (χ4n) is 4.45. The van der Waals surface area contributed by atoms with Crippen LogP contribution >= 0.6 is 0 Å². The van der Waals surface area contributed by atoms with Gasteiger partial charge in [-0.05, 0) is 39.5 Å². The predicted molar refractivity (Wildman–Crippen MR) is 124 cm³/mol. The van der Waals surface area contributed by atoms with Gasteiger partial charge in [-0.15, -0.1) is 0 Å². The van der Waals surface area contributed by atoms with Crippen LogP contribution in [0.3, 0.4) is 0 Å². The number of ether oxygens (including phenoxy) is 2. The van der Waals surface area contributed by atoms with E-state index in [1.807, 2.05) is 26.8 Å². The summed E-state index contributed by atoms with van der Waals surface area (Å²) in [5.41, 5.74) is -0.795. The van der Waals surface area contributed by atoms with Gasteiger partial charge in [0.05, 0.1) is 11.7 Å². The van der Waals surface area contributed by atoms with Crippen molar-refractivity contribution in [1.29, 1.82) is 0 Å². The first kappa shape index (κ1) is 27.4. The summed E-state index contributed by atoms with van der Waals surface area (Å²) in [7, 11) is 0. The van der Waals surface area contributed by atoms with Gasteiger partial charge in [-0.25, -0.2) is 4.79 Å². The van der Waals surface area contributed by atoms with Crippen molar-refractivity contribution < 1.29 is 34.1 Å². The monoisotopic (exact) mass is 464 g/mol. The first-order chi connectivity index (χ1) is 15.2. The topological polar surface area (TPSA) is 110 Å². The lowest BCUT2D eigenvalue weighted by Gasteiger charge is -2.36. The number of carbonyl (C=O) groups is 3.